The summed E-state index contributed by atoms with van der Waals surface area (Å²) in [6.45, 7) is 6.54. The van der Waals surface area contributed by atoms with Crippen LogP contribution < -0.4 is 69.3 Å². The van der Waals surface area contributed by atoms with Crippen molar-refractivity contribution in [2.75, 3.05) is 13.2 Å². The van der Waals surface area contributed by atoms with E-state index >= 15 is 0 Å². The summed E-state index contributed by atoms with van der Waals surface area (Å²) in [7, 11) is -4.94. The number of unbranched alkanes of at least 4 members (excludes halogenated alkanes) is 24. The number of carbonyl (C=O) groups is 2. The molecule has 51 heavy (non-hydrogen) atoms. The first-order chi connectivity index (χ1) is 23.7. The molecule has 0 amide bonds. The molecule has 0 aromatic carbocycles. The summed E-state index contributed by atoms with van der Waals surface area (Å²) >= 11 is 0. The summed E-state index contributed by atoms with van der Waals surface area (Å²) in [4.78, 5) is 19.7. The molecule has 0 bridgehead atoms. The third-order valence-corrected chi connectivity index (χ3v) is 9.65. The predicted molar refractivity (Wildman–Crippen MR) is 200 cm³/mol. The molecule has 0 heterocycles. The average molecular weight is 761 g/mol. The van der Waals surface area contributed by atoms with E-state index < -0.39 is 33.7 Å². The van der Waals surface area contributed by atoms with Crippen molar-refractivity contribution < 1.29 is 96.6 Å². The maximum absolute atomic E-state index is 10.2. The van der Waals surface area contributed by atoms with Crippen LogP contribution in [0.2, 0.25) is 0 Å². The van der Waals surface area contributed by atoms with E-state index in [9.17, 15) is 28.2 Å². The number of carboxylic acids is 2. The normalized spacial score (nSPS) is 11.9. The van der Waals surface area contributed by atoms with Crippen molar-refractivity contribution in [3.63, 3.8) is 0 Å². The summed E-state index contributed by atoms with van der Waals surface area (Å²) in [5.74, 6) is -4.08. The number of hydrogen-bond donors (Lipinski definition) is 1. The number of rotatable bonds is 36. The van der Waals surface area contributed by atoms with Gasteiger partial charge in [0.15, 0.2) is 0 Å². The Morgan fingerprint density at radius 1 is 0.529 bits per heavy atom. The van der Waals surface area contributed by atoms with Gasteiger partial charge in [-0.05, 0) is 64.2 Å². The van der Waals surface area contributed by atoms with Crippen molar-refractivity contribution in [2.24, 2.45) is 0 Å². The topological polar surface area (TPSA) is 144 Å². The monoisotopic (exact) mass is 760 g/mol. The van der Waals surface area contributed by atoms with E-state index in [1.807, 2.05) is 0 Å². The molecule has 1 N–H and O–H groups in total. The van der Waals surface area contributed by atoms with Crippen LogP contribution in [0.15, 0.2) is 24.3 Å². The second-order valence-corrected chi connectivity index (χ2v) is 15.0. The van der Waals surface area contributed by atoms with Crippen molar-refractivity contribution in [1.82, 2.24) is 0 Å². The summed E-state index contributed by atoms with van der Waals surface area (Å²) in [5, 5.41) is 17.3. The molecule has 1 atom stereocenters. The number of ether oxygens (including phenoxy) is 1. The predicted octanol–water partition coefficient (Wildman–Crippen LogP) is 3.22. The van der Waals surface area contributed by atoms with Gasteiger partial charge in [0.1, 0.15) is 5.25 Å². The molecule has 1 unspecified atom stereocenters. The second kappa shape index (κ2) is 46.4. The van der Waals surface area contributed by atoms with Crippen molar-refractivity contribution in [1.29, 1.82) is 0 Å². The molecule has 11 heteroatoms. The molecule has 0 saturated heterocycles. The third kappa shape index (κ3) is 50.3. The zero-order valence-electron chi connectivity index (χ0n) is 33.5. The first-order valence-corrected chi connectivity index (χ1v) is 21.4. The van der Waals surface area contributed by atoms with E-state index in [2.05, 4.69) is 38.2 Å². The molecule has 0 rings (SSSR count). The molecule has 0 aliphatic carbocycles. The molecular formula is C40H74Na2O8S. The maximum atomic E-state index is 10.2. The van der Waals surface area contributed by atoms with E-state index in [1.54, 1.807) is 0 Å². The standard InChI is InChI=1S/C36H70O.C4H6O7S.2Na/c1-3-5-7-9-11-13-15-17-19-21-23-25-27-29-31-33-35-37-36-34-32-30-28-26-24-22-20-18-16-14-12-10-8-6-4-2;5-3(6)1-2(4(7)8)12(9,10)11;;/h17-20H,3-16,21-36H2,1-2H3;2H,1H2,(H,5,6)(H,7,8)(H,9,10,11);;/q;;2*+1/p-2/b19-17-,20-18-;;;. The van der Waals surface area contributed by atoms with Gasteiger partial charge in [0.25, 0.3) is 10.1 Å². The van der Waals surface area contributed by atoms with E-state index in [1.165, 1.54) is 180 Å². The van der Waals surface area contributed by atoms with Gasteiger partial charge in [-0.15, -0.1) is 0 Å². The van der Waals surface area contributed by atoms with Crippen LogP contribution in [0.4, 0.5) is 0 Å². The van der Waals surface area contributed by atoms with Gasteiger partial charge in [-0.25, -0.2) is 0 Å². The summed E-state index contributed by atoms with van der Waals surface area (Å²) in [6, 6.07) is 0. The van der Waals surface area contributed by atoms with Crippen molar-refractivity contribution >= 4 is 22.1 Å². The van der Waals surface area contributed by atoms with Crippen LogP contribution in [0.3, 0.4) is 0 Å². The Morgan fingerprint density at radius 2 is 0.804 bits per heavy atom. The molecule has 8 nitrogen and oxygen atoms in total. The van der Waals surface area contributed by atoms with Gasteiger partial charge in [0.2, 0.25) is 0 Å². The Bertz CT molecular complexity index is 857. The van der Waals surface area contributed by atoms with Gasteiger partial charge >= 0.3 is 59.1 Å². The van der Waals surface area contributed by atoms with Gasteiger partial charge in [-0.2, -0.15) is 8.42 Å². The van der Waals surface area contributed by atoms with E-state index in [-0.39, 0.29) is 59.1 Å². The zero-order valence-corrected chi connectivity index (χ0v) is 38.3. The minimum atomic E-state index is -4.94. The first-order valence-electron chi connectivity index (χ1n) is 19.9. The van der Waals surface area contributed by atoms with Crippen LogP contribution >= 0.6 is 0 Å². The molecule has 0 aromatic heterocycles. The third-order valence-electron chi connectivity index (χ3n) is 8.58. The number of carbonyl (C=O) groups excluding carboxylic acids is 2. The minimum Gasteiger partial charge on any atom is -0.550 e. The van der Waals surface area contributed by atoms with E-state index in [0.717, 1.165) is 13.2 Å². The second-order valence-electron chi connectivity index (χ2n) is 13.4. The number of carboxylic acid groups (broad SMARTS) is 2. The summed E-state index contributed by atoms with van der Waals surface area (Å²) in [6.07, 6.45) is 46.8. The Morgan fingerprint density at radius 3 is 1.04 bits per heavy atom. The van der Waals surface area contributed by atoms with Crippen LogP contribution in [0, 0.1) is 0 Å². The minimum absolute atomic E-state index is 0. The fourth-order valence-corrected chi connectivity index (χ4v) is 6.06. The van der Waals surface area contributed by atoms with Gasteiger partial charge in [0.05, 0.1) is 5.97 Å². The van der Waals surface area contributed by atoms with Crippen LogP contribution in [0.5, 0.6) is 0 Å². The number of allylic oxidation sites excluding steroid dienone is 4. The zero-order chi connectivity index (χ0) is 36.7. The Hall–Kier alpha value is 0.290. The SMILES string of the molecule is CCCCCCCC/C=C\CCCCCCCCOCCCCCCCC/C=C\CCCCCCCC.O=C([O-])CC(C(=O)[O-])S(=O)(=O)O.[Na+].[Na+]. The van der Waals surface area contributed by atoms with Gasteiger partial charge in [-0.1, -0.05) is 154 Å². The van der Waals surface area contributed by atoms with Crippen molar-refractivity contribution in [3.8, 4) is 0 Å². The molecule has 0 fully saturated rings. The summed E-state index contributed by atoms with van der Waals surface area (Å²) < 4.78 is 34.3. The largest absolute Gasteiger partial charge is 1.00 e. The Kier molecular flexibility index (Phi) is 52.8. The van der Waals surface area contributed by atoms with Crippen LogP contribution in [-0.2, 0) is 24.4 Å². The molecule has 0 aliphatic rings. The molecule has 0 aliphatic heterocycles. The molecule has 0 aromatic rings. The molecule has 0 radical (unpaired) electrons. The average Bonchev–Trinajstić information content (AvgIpc) is 3.05. The van der Waals surface area contributed by atoms with Crippen LogP contribution in [-0.4, -0.2) is 43.4 Å². The smallest absolute Gasteiger partial charge is 0.550 e. The molecule has 290 valence electrons. The summed E-state index contributed by atoms with van der Waals surface area (Å²) in [5.41, 5.74) is 0. The van der Waals surface area contributed by atoms with Crippen molar-refractivity contribution in [3.05, 3.63) is 24.3 Å². The van der Waals surface area contributed by atoms with Gasteiger partial charge < -0.3 is 24.5 Å². The van der Waals surface area contributed by atoms with Crippen molar-refractivity contribution in [2.45, 2.75) is 205 Å². The van der Waals surface area contributed by atoms with Crippen LogP contribution in [0.25, 0.3) is 0 Å². The fourth-order valence-electron chi connectivity index (χ4n) is 5.47. The van der Waals surface area contributed by atoms with Gasteiger partial charge in [-0.3, -0.25) is 4.55 Å². The molecule has 0 saturated carbocycles. The Balaban J connectivity index is -0.000000671. The first kappa shape index (κ1) is 58.0. The fraction of sp³-hybridized carbons (Fsp3) is 0.850. The number of hydrogen-bond acceptors (Lipinski definition) is 7. The number of aliphatic carboxylic acids is 2. The van der Waals surface area contributed by atoms with E-state index in [0.29, 0.717) is 0 Å². The molecular weight excluding hydrogens is 686 g/mol. The van der Waals surface area contributed by atoms with Gasteiger partial charge in [0, 0.05) is 25.6 Å². The quantitative estimate of drug-likeness (QED) is 0.0444. The Labute approximate surface area is 358 Å². The van der Waals surface area contributed by atoms with E-state index in [4.69, 9.17) is 9.29 Å². The van der Waals surface area contributed by atoms with Crippen LogP contribution in [0.1, 0.15) is 200 Å². The maximum Gasteiger partial charge on any atom is 1.00 e. The molecule has 0 spiro atoms.